The van der Waals surface area contributed by atoms with Crippen molar-refractivity contribution in [1.82, 2.24) is 4.72 Å². The lowest BCUT2D eigenvalue weighted by molar-refractivity contribution is 0.103. The highest BCUT2D eigenvalue weighted by Gasteiger charge is 2.29. The number of carbonyl (C=O) groups is 1. The molecule has 0 saturated heterocycles. The second-order valence-electron chi connectivity index (χ2n) is 7.07. The molecule has 8 heteroatoms. The van der Waals surface area contributed by atoms with Crippen LogP contribution in [0.3, 0.4) is 0 Å². The van der Waals surface area contributed by atoms with Crippen molar-refractivity contribution in [3.05, 3.63) is 71.8 Å². The fourth-order valence-electron chi connectivity index (χ4n) is 3.36. The van der Waals surface area contributed by atoms with Gasteiger partial charge in [-0.3, -0.25) is 4.79 Å². The van der Waals surface area contributed by atoms with Crippen LogP contribution in [0.15, 0.2) is 64.9 Å². The van der Waals surface area contributed by atoms with Crippen molar-refractivity contribution in [2.45, 2.75) is 30.6 Å². The summed E-state index contributed by atoms with van der Waals surface area (Å²) in [5.41, 5.74) is 4.29. The molecule has 0 saturated carbocycles. The maximum absolute atomic E-state index is 12.6. The van der Waals surface area contributed by atoms with Crippen LogP contribution in [0.25, 0.3) is 10.8 Å². The molecule has 1 aliphatic rings. The number of allylic oxidation sites excluding steroid dienone is 1. The third kappa shape index (κ3) is 4.46. The van der Waals surface area contributed by atoms with E-state index in [4.69, 9.17) is 0 Å². The average Bonchev–Trinajstić information content (AvgIpc) is 3.07. The Kier molecular flexibility index (Phi) is 6.74. The summed E-state index contributed by atoms with van der Waals surface area (Å²) in [6, 6.07) is 12.8. The first-order valence-corrected chi connectivity index (χ1v) is 11.9. The molecular weight excluding hydrogens is 430 g/mol. The molecule has 1 aliphatic heterocycles. The molecule has 3 N–H and O–H groups in total. The molecule has 1 heterocycles. The predicted molar refractivity (Wildman–Crippen MR) is 129 cm³/mol. The smallest absolute Gasteiger partial charge is 0.256 e. The van der Waals surface area contributed by atoms with E-state index < -0.39 is 10.0 Å². The number of hydrogen-bond acceptors (Lipinski definition) is 5. The first-order chi connectivity index (χ1) is 14.7. The van der Waals surface area contributed by atoms with Crippen molar-refractivity contribution in [2.24, 2.45) is 0 Å². The van der Waals surface area contributed by atoms with Crippen LogP contribution >= 0.6 is 11.9 Å². The number of sulfonamides is 1. The van der Waals surface area contributed by atoms with Gasteiger partial charge in [0.1, 0.15) is 0 Å². The highest BCUT2D eigenvalue weighted by atomic mass is 32.2. The van der Waals surface area contributed by atoms with Gasteiger partial charge in [-0.2, -0.15) is 0 Å². The first-order valence-electron chi connectivity index (χ1n) is 9.65. The van der Waals surface area contributed by atoms with Gasteiger partial charge in [0.2, 0.25) is 10.0 Å². The SMILES string of the molecule is C=CC.CNS(=O)(=O)c1cc(SNc2ccc(C)cc2C)c2c3c(cccc13)C(=O)N2. The molecule has 0 bridgehead atoms. The quantitative estimate of drug-likeness (QED) is 0.362. The number of hydrogen-bond donors (Lipinski definition) is 3. The van der Waals surface area contributed by atoms with E-state index in [2.05, 4.69) is 27.4 Å². The molecular formula is C23H25N3O3S2. The molecule has 0 aliphatic carbocycles. The van der Waals surface area contributed by atoms with E-state index in [9.17, 15) is 13.2 Å². The summed E-state index contributed by atoms with van der Waals surface area (Å²) in [7, 11) is -2.32. The highest BCUT2D eigenvalue weighted by Crippen LogP contribution is 2.43. The molecule has 0 radical (unpaired) electrons. The van der Waals surface area contributed by atoms with Crippen LogP contribution < -0.4 is 14.8 Å². The van der Waals surface area contributed by atoms with Crippen molar-refractivity contribution in [3.8, 4) is 0 Å². The zero-order valence-electron chi connectivity index (χ0n) is 17.9. The maximum Gasteiger partial charge on any atom is 0.256 e. The number of anilines is 2. The summed E-state index contributed by atoms with van der Waals surface area (Å²) in [5, 5.41) is 4.04. The minimum atomic E-state index is -3.70. The second-order valence-corrected chi connectivity index (χ2v) is 9.77. The molecule has 6 nitrogen and oxygen atoms in total. The topological polar surface area (TPSA) is 87.3 Å². The predicted octanol–water partition coefficient (Wildman–Crippen LogP) is 5.24. The Morgan fingerprint density at radius 2 is 1.84 bits per heavy atom. The molecule has 3 aromatic rings. The second kappa shape index (κ2) is 9.13. The van der Waals surface area contributed by atoms with Crippen molar-refractivity contribution >= 4 is 50.0 Å². The summed E-state index contributed by atoms with van der Waals surface area (Å²) >= 11 is 1.28. The van der Waals surface area contributed by atoms with Crippen LogP contribution in [0.1, 0.15) is 28.4 Å². The van der Waals surface area contributed by atoms with Crippen LogP contribution in [0.2, 0.25) is 0 Å². The molecule has 0 aromatic heterocycles. The molecule has 162 valence electrons. The Balaban J connectivity index is 0.000000858. The Morgan fingerprint density at radius 3 is 2.48 bits per heavy atom. The standard InChI is InChI=1S/C20H19N3O3S2.C3H6/c1-11-7-8-15(12(2)9-11)23-27-16-10-17(28(25,26)21-3)13-5-4-6-14-18(13)19(16)22-20(14)24;1-3-2/h4-10,21,23H,1-3H3,(H,22,24);3H,1H2,2H3. The van der Waals surface area contributed by atoms with E-state index in [-0.39, 0.29) is 10.8 Å². The van der Waals surface area contributed by atoms with Crippen LogP contribution in [0.5, 0.6) is 0 Å². The Bertz CT molecular complexity index is 1280. The van der Waals surface area contributed by atoms with Gasteiger partial charge in [-0.1, -0.05) is 35.9 Å². The Hall–Kier alpha value is -2.81. The van der Waals surface area contributed by atoms with Gasteiger partial charge in [0.05, 0.1) is 15.5 Å². The van der Waals surface area contributed by atoms with E-state index >= 15 is 0 Å². The summed E-state index contributed by atoms with van der Waals surface area (Å²) in [4.78, 5) is 13.2. The van der Waals surface area contributed by atoms with Crippen molar-refractivity contribution in [1.29, 1.82) is 0 Å². The molecule has 3 aromatic carbocycles. The molecule has 0 spiro atoms. The summed E-state index contributed by atoms with van der Waals surface area (Å²) < 4.78 is 30.9. The monoisotopic (exact) mass is 455 g/mol. The van der Waals surface area contributed by atoms with E-state index in [0.717, 1.165) is 16.8 Å². The van der Waals surface area contributed by atoms with E-state index in [1.807, 2.05) is 32.9 Å². The number of aryl methyl sites for hydroxylation is 2. The van der Waals surface area contributed by atoms with Gasteiger partial charge in [0.15, 0.2) is 0 Å². The Labute approximate surface area is 187 Å². The minimum Gasteiger partial charge on any atom is -0.325 e. The Morgan fingerprint density at radius 1 is 1.13 bits per heavy atom. The summed E-state index contributed by atoms with van der Waals surface area (Å²) in [5.74, 6) is -0.229. The van der Waals surface area contributed by atoms with Crippen molar-refractivity contribution < 1.29 is 13.2 Å². The zero-order valence-corrected chi connectivity index (χ0v) is 19.5. The van der Waals surface area contributed by atoms with Crippen LogP contribution in [-0.4, -0.2) is 21.4 Å². The molecule has 0 fully saturated rings. The minimum absolute atomic E-state index is 0.150. The van der Waals surface area contributed by atoms with Gasteiger partial charge in [0.25, 0.3) is 5.91 Å². The van der Waals surface area contributed by atoms with Gasteiger partial charge >= 0.3 is 0 Å². The molecule has 1 amide bonds. The number of nitrogens with one attached hydrogen (secondary N) is 3. The lowest BCUT2D eigenvalue weighted by Crippen LogP contribution is -2.19. The van der Waals surface area contributed by atoms with E-state index in [1.54, 1.807) is 30.3 Å². The van der Waals surface area contributed by atoms with Crippen LogP contribution in [0, 0.1) is 13.8 Å². The molecule has 0 atom stereocenters. The lowest BCUT2D eigenvalue weighted by Gasteiger charge is -2.15. The highest BCUT2D eigenvalue weighted by molar-refractivity contribution is 8.00. The van der Waals surface area contributed by atoms with E-state index in [1.165, 1.54) is 19.0 Å². The fraction of sp³-hybridized carbons (Fsp3) is 0.174. The number of amides is 1. The van der Waals surface area contributed by atoms with Gasteiger partial charge in [-0.25, -0.2) is 13.1 Å². The maximum atomic E-state index is 12.6. The third-order valence-electron chi connectivity index (χ3n) is 4.78. The average molecular weight is 456 g/mol. The first kappa shape index (κ1) is 22.9. The largest absolute Gasteiger partial charge is 0.325 e. The van der Waals surface area contributed by atoms with Crippen LogP contribution in [0.4, 0.5) is 11.4 Å². The number of rotatable bonds is 5. The normalized spacial score (nSPS) is 12.2. The number of benzene rings is 3. The summed E-state index contributed by atoms with van der Waals surface area (Å²) in [6.45, 7) is 9.28. The van der Waals surface area contributed by atoms with Gasteiger partial charge in [0, 0.05) is 22.0 Å². The van der Waals surface area contributed by atoms with Crippen molar-refractivity contribution in [3.63, 3.8) is 0 Å². The van der Waals surface area contributed by atoms with Crippen LogP contribution in [-0.2, 0) is 10.0 Å². The lowest BCUT2D eigenvalue weighted by atomic mass is 10.1. The van der Waals surface area contributed by atoms with Crippen molar-refractivity contribution in [2.75, 3.05) is 17.1 Å². The molecule has 0 unspecified atom stereocenters. The van der Waals surface area contributed by atoms with Gasteiger partial charge in [-0.05, 0) is 63.5 Å². The number of carbonyl (C=O) groups excluding carboxylic acids is 1. The summed E-state index contributed by atoms with van der Waals surface area (Å²) in [6.07, 6.45) is 1.75. The third-order valence-corrected chi connectivity index (χ3v) is 7.10. The van der Waals surface area contributed by atoms with E-state index in [0.29, 0.717) is 26.9 Å². The molecule has 31 heavy (non-hydrogen) atoms. The zero-order chi connectivity index (χ0) is 22.8. The molecule has 4 rings (SSSR count). The fourth-order valence-corrected chi connectivity index (χ4v) is 5.27. The van der Waals surface area contributed by atoms with Gasteiger partial charge in [-0.15, -0.1) is 6.58 Å². The van der Waals surface area contributed by atoms with Gasteiger partial charge < -0.3 is 10.0 Å².